The molecule has 0 amide bonds. The van der Waals surface area contributed by atoms with Gasteiger partial charge in [-0.15, -0.1) is 12.9 Å². The molecule has 0 aliphatic rings. The van der Waals surface area contributed by atoms with Crippen molar-refractivity contribution < 1.29 is 74.6 Å². The van der Waals surface area contributed by atoms with Crippen LogP contribution in [-0.4, -0.2) is 6.28 Å². The van der Waals surface area contributed by atoms with Crippen molar-refractivity contribution in [1.29, 1.82) is 0 Å². The van der Waals surface area contributed by atoms with Gasteiger partial charge in [0.25, 0.3) is 0 Å². The SMILES string of the molecule is C[B-](c1c(F)c(F)c(F)c(F)c1F)(c1c(F)c(F)c(F)c(F)c1F)[n+]1cc[cH-]c1.[Zr+4].c1cc[cH-]c1.c1cc[cH-]c1.c1cc[cH-]c1. The summed E-state index contributed by atoms with van der Waals surface area (Å²) in [5, 5.41) is 0. The van der Waals surface area contributed by atoms with Gasteiger partial charge in [-0.1, -0.05) is 10.9 Å². The van der Waals surface area contributed by atoms with Gasteiger partial charge in [0.05, 0.1) is 0 Å². The molecule has 0 N–H and O–H groups in total. The standard InChI is InChI=1S/C17H7BF10N.3C5H5.Zr/c1-18(29-4-2-3-5-29,6-8(19)12(23)16(27)13(24)9(6)20)7-10(21)14(25)17(28)15(26)11(7)22;3*1-2-4-5-3-1;/h2-5H,1H3;3*1-5H;/q4*-1;+4. The van der Waals surface area contributed by atoms with E-state index < -0.39 is 75.4 Å². The van der Waals surface area contributed by atoms with Crippen LogP contribution < -0.4 is 15.4 Å². The van der Waals surface area contributed by atoms with Gasteiger partial charge in [-0.05, 0) is 6.20 Å². The van der Waals surface area contributed by atoms with Crippen molar-refractivity contribution in [2.45, 2.75) is 6.82 Å². The number of nitrogens with zero attached hydrogens (tertiary/aromatic N) is 1. The molecule has 1 nitrogen and oxygen atoms in total. The fourth-order valence-electron chi connectivity index (χ4n) is 4.33. The molecule has 45 heavy (non-hydrogen) atoms. The molecule has 0 saturated heterocycles. The maximum Gasteiger partial charge on any atom is 4.00 e. The monoisotopic (exact) mass is 711 g/mol. The summed E-state index contributed by atoms with van der Waals surface area (Å²) in [6, 6.07) is 32.3. The zero-order chi connectivity index (χ0) is 32.4. The molecule has 6 rings (SSSR count). The minimum atomic E-state index is -3.96. The van der Waals surface area contributed by atoms with Gasteiger partial charge < -0.3 is 4.48 Å². The first-order chi connectivity index (χ1) is 21.0. The van der Waals surface area contributed by atoms with E-state index in [1.54, 1.807) is 0 Å². The molecule has 0 unspecified atom stereocenters. The molecule has 0 atom stereocenters. The van der Waals surface area contributed by atoms with E-state index in [1.165, 1.54) is 0 Å². The smallest absolute Gasteiger partial charge is 0.517 e. The minimum absolute atomic E-state index is 0. The van der Waals surface area contributed by atoms with E-state index in [0.717, 1.165) is 24.5 Å². The maximum absolute atomic E-state index is 14.5. The van der Waals surface area contributed by atoms with E-state index in [9.17, 15) is 43.9 Å². The summed E-state index contributed by atoms with van der Waals surface area (Å²) in [6.45, 7) is 0.608. The molecule has 0 spiro atoms. The van der Waals surface area contributed by atoms with Crippen molar-refractivity contribution in [3.63, 3.8) is 0 Å². The zero-order valence-electron chi connectivity index (χ0n) is 23.3. The van der Waals surface area contributed by atoms with E-state index in [2.05, 4.69) is 0 Å². The third kappa shape index (κ3) is 8.19. The first-order valence-electron chi connectivity index (χ1n) is 12.8. The summed E-state index contributed by atoms with van der Waals surface area (Å²) < 4.78 is 140. The van der Waals surface area contributed by atoms with Crippen molar-refractivity contribution in [1.82, 2.24) is 0 Å². The third-order valence-corrected chi connectivity index (χ3v) is 6.50. The molecular formula is C32H22BF10NZr. The van der Waals surface area contributed by atoms with Gasteiger partial charge in [0.1, 0.15) is 23.3 Å². The van der Waals surface area contributed by atoms with Crippen LogP contribution in [0.5, 0.6) is 0 Å². The predicted molar refractivity (Wildman–Crippen MR) is 147 cm³/mol. The Balaban J connectivity index is 0.000000355. The molecular weight excluding hydrogens is 690 g/mol. The molecule has 0 fully saturated rings. The van der Waals surface area contributed by atoms with Crippen LogP contribution in [0.25, 0.3) is 0 Å². The van der Waals surface area contributed by atoms with E-state index in [1.807, 2.05) is 91.0 Å². The van der Waals surface area contributed by atoms with E-state index >= 15 is 0 Å². The minimum Gasteiger partial charge on any atom is -0.517 e. The molecule has 0 aliphatic carbocycles. The molecule has 232 valence electrons. The average molecular weight is 713 g/mol. The molecule has 0 aliphatic heterocycles. The molecule has 0 bridgehead atoms. The summed E-state index contributed by atoms with van der Waals surface area (Å²) in [7, 11) is 0. The Labute approximate surface area is 271 Å². The predicted octanol–water partition coefficient (Wildman–Crippen LogP) is 7.54. The Morgan fingerprint density at radius 2 is 0.689 bits per heavy atom. The number of rotatable bonds is 3. The van der Waals surface area contributed by atoms with E-state index in [4.69, 9.17) is 0 Å². The second kappa shape index (κ2) is 16.9. The topological polar surface area (TPSA) is 3.88 Å². The number of aromatic nitrogens is 1. The van der Waals surface area contributed by atoms with Crippen LogP contribution in [0.15, 0.2) is 116 Å². The molecule has 0 radical (unpaired) electrons. The summed E-state index contributed by atoms with van der Waals surface area (Å²) in [4.78, 5) is 0. The molecule has 1 heterocycles. The van der Waals surface area contributed by atoms with Gasteiger partial charge in [-0.25, -0.2) is 80.3 Å². The second-order valence-corrected chi connectivity index (χ2v) is 9.22. The van der Waals surface area contributed by atoms with Crippen LogP contribution in [0.2, 0.25) is 6.82 Å². The van der Waals surface area contributed by atoms with Crippen LogP contribution in [0, 0.1) is 58.2 Å². The number of benzene rings is 2. The number of halogens is 10. The molecule has 5 aromatic carbocycles. The Morgan fingerprint density at radius 1 is 0.422 bits per heavy atom. The Kier molecular flexibility index (Phi) is 14.0. The van der Waals surface area contributed by atoms with Crippen LogP contribution >= 0.6 is 0 Å². The van der Waals surface area contributed by atoms with Crippen molar-refractivity contribution >= 4 is 17.2 Å². The van der Waals surface area contributed by atoms with E-state index in [-0.39, 0.29) is 26.2 Å². The van der Waals surface area contributed by atoms with Crippen LogP contribution in [0.1, 0.15) is 0 Å². The molecule has 6 aromatic rings. The molecule has 0 saturated carbocycles. The van der Waals surface area contributed by atoms with Crippen molar-refractivity contribution in [3.05, 3.63) is 174 Å². The Morgan fingerprint density at radius 3 is 0.889 bits per heavy atom. The van der Waals surface area contributed by atoms with Gasteiger partial charge in [0, 0.05) is 6.20 Å². The van der Waals surface area contributed by atoms with Gasteiger partial charge in [-0.2, -0.15) is 60.7 Å². The Bertz CT molecular complexity index is 1480. The van der Waals surface area contributed by atoms with Crippen LogP contribution in [0.3, 0.4) is 0 Å². The van der Waals surface area contributed by atoms with Gasteiger partial charge >= 0.3 is 32.5 Å². The number of hydrogen-bond acceptors (Lipinski definition) is 0. The molecule has 1 aromatic heterocycles. The summed E-state index contributed by atoms with van der Waals surface area (Å²) in [6.07, 6.45) is -2.13. The van der Waals surface area contributed by atoms with Crippen molar-refractivity contribution in [2.75, 3.05) is 0 Å². The zero-order valence-corrected chi connectivity index (χ0v) is 25.7. The fraction of sp³-hybridized carbons (Fsp3) is 0.0312. The largest absolute Gasteiger partial charge is 4.00 e. The normalized spacial score (nSPS) is 10.4. The maximum atomic E-state index is 14.5. The first-order valence-corrected chi connectivity index (χ1v) is 12.8. The second-order valence-electron chi connectivity index (χ2n) is 9.22. The van der Waals surface area contributed by atoms with Crippen LogP contribution in [0.4, 0.5) is 43.9 Å². The van der Waals surface area contributed by atoms with Crippen LogP contribution in [-0.2, 0) is 26.2 Å². The quantitative estimate of drug-likeness (QED) is 0.0588. The van der Waals surface area contributed by atoms with Gasteiger partial charge in [0.15, 0.2) is 34.9 Å². The van der Waals surface area contributed by atoms with Gasteiger partial charge in [0.2, 0.25) is 0 Å². The Hall–Kier alpha value is -3.98. The van der Waals surface area contributed by atoms with Crippen molar-refractivity contribution in [2.24, 2.45) is 0 Å². The summed E-state index contributed by atoms with van der Waals surface area (Å²) >= 11 is 0. The first kappa shape index (κ1) is 37.2. The van der Waals surface area contributed by atoms with E-state index in [0.29, 0.717) is 11.3 Å². The number of hydrogen-bond donors (Lipinski definition) is 0. The summed E-state index contributed by atoms with van der Waals surface area (Å²) in [5.41, 5.74) is -3.50. The van der Waals surface area contributed by atoms with Crippen molar-refractivity contribution in [3.8, 4) is 0 Å². The molecule has 13 heteroatoms. The van der Waals surface area contributed by atoms with Gasteiger partial charge in [-0.3, -0.25) is 0 Å². The third-order valence-electron chi connectivity index (χ3n) is 6.50. The fourth-order valence-corrected chi connectivity index (χ4v) is 4.33. The average Bonchev–Trinajstić information content (AvgIpc) is 3.86. The summed E-state index contributed by atoms with van der Waals surface area (Å²) in [5.74, 6) is -24.7.